The van der Waals surface area contributed by atoms with Gasteiger partial charge < -0.3 is 9.84 Å². The number of hydrogen-bond donors (Lipinski definition) is 1. The van der Waals surface area contributed by atoms with Crippen molar-refractivity contribution in [3.8, 4) is 0 Å². The standard InChI is InChI=1S/C14H25N3O3S/c1-3-5-12(15-7-4-2)9-13-16-14(17-20-13)11-6-8-21(18,19)10-11/h11-12,15H,3-10H2,1-2H3. The quantitative estimate of drug-likeness (QED) is 0.785. The molecule has 0 aliphatic carbocycles. The fourth-order valence-corrected chi connectivity index (χ4v) is 4.44. The topological polar surface area (TPSA) is 85.1 Å². The minimum Gasteiger partial charge on any atom is -0.339 e. The summed E-state index contributed by atoms with van der Waals surface area (Å²) >= 11 is 0. The van der Waals surface area contributed by atoms with Crippen LogP contribution in [0.2, 0.25) is 0 Å². The molecule has 1 aromatic heterocycles. The van der Waals surface area contributed by atoms with Crippen LogP contribution in [0.25, 0.3) is 0 Å². The number of nitrogens with zero attached hydrogens (tertiary/aromatic N) is 2. The summed E-state index contributed by atoms with van der Waals surface area (Å²) in [7, 11) is -2.91. The summed E-state index contributed by atoms with van der Waals surface area (Å²) in [6.07, 6.45) is 4.57. The molecule has 21 heavy (non-hydrogen) atoms. The molecule has 1 aliphatic rings. The van der Waals surface area contributed by atoms with Gasteiger partial charge in [-0.25, -0.2) is 8.42 Å². The zero-order valence-corrected chi connectivity index (χ0v) is 13.7. The maximum Gasteiger partial charge on any atom is 0.228 e. The minimum absolute atomic E-state index is 0.0965. The van der Waals surface area contributed by atoms with E-state index in [4.69, 9.17) is 4.52 Å². The van der Waals surface area contributed by atoms with Crippen molar-refractivity contribution in [1.82, 2.24) is 15.5 Å². The Hall–Kier alpha value is -0.950. The second-order valence-electron chi connectivity index (χ2n) is 5.79. The zero-order chi connectivity index (χ0) is 15.3. The first-order chi connectivity index (χ1) is 10.0. The second kappa shape index (κ2) is 7.35. The van der Waals surface area contributed by atoms with Gasteiger partial charge in [0.2, 0.25) is 5.89 Å². The fraction of sp³-hybridized carbons (Fsp3) is 0.857. The smallest absolute Gasteiger partial charge is 0.228 e. The summed E-state index contributed by atoms with van der Waals surface area (Å²) in [5.74, 6) is 1.45. The maximum absolute atomic E-state index is 11.5. The number of nitrogens with one attached hydrogen (secondary N) is 1. The predicted octanol–water partition coefficient (Wildman–Crippen LogP) is 1.68. The first-order valence-corrected chi connectivity index (χ1v) is 9.62. The summed E-state index contributed by atoms with van der Waals surface area (Å²) in [6, 6.07) is 0.343. The molecule has 1 fully saturated rings. The molecule has 0 bridgehead atoms. The van der Waals surface area contributed by atoms with Crippen molar-refractivity contribution in [3.63, 3.8) is 0 Å². The molecule has 0 saturated carbocycles. The van der Waals surface area contributed by atoms with Crippen molar-refractivity contribution in [2.75, 3.05) is 18.1 Å². The molecule has 120 valence electrons. The van der Waals surface area contributed by atoms with Crippen molar-refractivity contribution in [1.29, 1.82) is 0 Å². The largest absolute Gasteiger partial charge is 0.339 e. The lowest BCUT2D eigenvalue weighted by Gasteiger charge is -2.15. The molecule has 2 unspecified atom stereocenters. The molecular formula is C14H25N3O3S. The van der Waals surface area contributed by atoms with Crippen LogP contribution >= 0.6 is 0 Å². The number of hydrogen-bond acceptors (Lipinski definition) is 6. The maximum atomic E-state index is 11.5. The van der Waals surface area contributed by atoms with E-state index < -0.39 is 9.84 Å². The van der Waals surface area contributed by atoms with E-state index in [-0.39, 0.29) is 17.4 Å². The lowest BCUT2D eigenvalue weighted by atomic mass is 10.1. The third kappa shape index (κ3) is 4.78. The molecule has 1 aliphatic heterocycles. The van der Waals surface area contributed by atoms with Crippen LogP contribution in [0, 0.1) is 0 Å². The van der Waals surface area contributed by atoms with Gasteiger partial charge in [-0.1, -0.05) is 25.4 Å². The summed E-state index contributed by atoms with van der Waals surface area (Å²) in [5, 5.41) is 7.47. The average Bonchev–Trinajstić information content (AvgIpc) is 3.02. The molecule has 2 heterocycles. The molecule has 2 rings (SSSR count). The Bertz CT molecular complexity index is 541. The Morgan fingerprint density at radius 2 is 2.19 bits per heavy atom. The number of aromatic nitrogens is 2. The SMILES string of the molecule is CCCNC(CCC)Cc1nc(C2CCS(=O)(=O)C2)no1. The van der Waals surface area contributed by atoms with Gasteiger partial charge in [0.1, 0.15) is 0 Å². The summed E-state index contributed by atoms with van der Waals surface area (Å²) in [4.78, 5) is 4.41. The Morgan fingerprint density at radius 1 is 1.38 bits per heavy atom. The van der Waals surface area contributed by atoms with E-state index in [0.29, 0.717) is 30.6 Å². The van der Waals surface area contributed by atoms with Crippen LogP contribution < -0.4 is 5.32 Å². The van der Waals surface area contributed by atoms with Gasteiger partial charge in [-0.2, -0.15) is 4.98 Å². The van der Waals surface area contributed by atoms with Gasteiger partial charge in [0.15, 0.2) is 15.7 Å². The fourth-order valence-electron chi connectivity index (χ4n) is 2.70. The van der Waals surface area contributed by atoms with Crippen molar-refractivity contribution in [2.24, 2.45) is 0 Å². The van der Waals surface area contributed by atoms with Crippen LogP contribution in [-0.2, 0) is 16.3 Å². The highest BCUT2D eigenvalue weighted by Gasteiger charge is 2.32. The summed E-state index contributed by atoms with van der Waals surface area (Å²) in [5.41, 5.74) is 0. The van der Waals surface area contributed by atoms with Crippen LogP contribution in [0.4, 0.5) is 0 Å². The Labute approximate surface area is 126 Å². The molecule has 7 heteroatoms. The molecule has 0 radical (unpaired) electrons. The molecule has 1 N–H and O–H groups in total. The second-order valence-corrected chi connectivity index (χ2v) is 8.02. The first-order valence-electron chi connectivity index (χ1n) is 7.80. The third-order valence-electron chi connectivity index (χ3n) is 3.82. The number of rotatable bonds is 8. The summed E-state index contributed by atoms with van der Waals surface area (Å²) in [6.45, 7) is 5.27. The van der Waals surface area contributed by atoms with Crippen molar-refractivity contribution < 1.29 is 12.9 Å². The lowest BCUT2D eigenvalue weighted by Crippen LogP contribution is -2.31. The molecular weight excluding hydrogens is 290 g/mol. The van der Waals surface area contributed by atoms with Gasteiger partial charge in [0, 0.05) is 18.4 Å². The van der Waals surface area contributed by atoms with Gasteiger partial charge in [0.05, 0.1) is 11.5 Å². The number of sulfone groups is 1. The van der Waals surface area contributed by atoms with Crippen molar-refractivity contribution >= 4 is 9.84 Å². The van der Waals surface area contributed by atoms with E-state index in [1.54, 1.807) is 0 Å². The summed E-state index contributed by atoms with van der Waals surface area (Å²) < 4.78 is 28.3. The van der Waals surface area contributed by atoms with E-state index in [0.717, 1.165) is 25.8 Å². The van der Waals surface area contributed by atoms with E-state index in [9.17, 15) is 8.42 Å². The van der Waals surface area contributed by atoms with Crippen LogP contribution in [0.5, 0.6) is 0 Å². The Kier molecular flexibility index (Phi) is 5.75. The molecule has 0 spiro atoms. The first kappa shape index (κ1) is 16.4. The van der Waals surface area contributed by atoms with Gasteiger partial charge in [0.25, 0.3) is 0 Å². The van der Waals surface area contributed by atoms with Crippen molar-refractivity contribution in [2.45, 2.75) is 57.9 Å². The minimum atomic E-state index is -2.91. The van der Waals surface area contributed by atoms with Gasteiger partial charge in [-0.15, -0.1) is 0 Å². The Balaban J connectivity index is 1.95. The molecule has 2 atom stereocenters. The van der Waals surface area contributed by atoms with Crippen molar-refractivity contribution in [3.05, 3.63) is 11.7 Å². The van der Waals surface area contributed by atoms with Crippen LogP contribution in [0.1, 0.15) is 57.2 Å². The Morgan fingerprint density at radius 3 is 2.81 bits per heavy atom. The van der Waals surface area contributed by atoms with E-state index in [1.165, 1.54) is 0 Å². The lowest BCUT2D eigenvalue weighted by molar-refractivity contribution is 0.345. The highest BCUT2D eigenvalue weighted by atomic mass is 32.2. The van der Waals surface area contributed by atoms with Gasteiger partial charge in [-0.05, 0) is 25.8 Å². The molecule has 0 amide bonds. The predicted molar refractivity (Wildman–Crippen MR) is 81.0 cm³/mol. The average molecular weight is 315 g/mol. The van der Waals surface area contributed by atoms with Crippen LogP contribution in [0.3, 0.4) is 0 Å². The highest BCUT2D eigenvalue weighted by Crippen LogP contribution is 2.26. The molecule has 0 aromatic carbocycles. The van der Waals surface area contributed by atoms with Crippen LogP contribution in [-0.4, -0.2) is 42.7 Å². The monoisotopic (exact) mass is 315 g/mol. The highest BCUT2D eigenvalue weighted by molar-refractivity contribution is 7.91. The van der Waals surface area contributed by atoms with Gasteiger partial charge >= 0.3 is 0 Å². The molecule has 1 saturated heterocycles. The zero-order valence-electron chi connectivity index (χ0n) is 12.8. The van der Waals surface area contributed by atoms with Crippen LogP contribution in [0.15, 0.2) is 4.52 Å². The molecule has 6 nitrogen and oxygen atoms in total. The van der Waals surface area contributed by atoms with E-state index in [2.05, 4.69) is 29.3 Å². The molecule has 1 aromatic rings. The van der Waals surface area contributed by atoms with E-state index >= 15 is 0 Å². The normalized spacial score (nSPS) is 22.5. The van der Waals surface area contributed by atoms with Gasteiger partial charge in [-0.3, -0.25) is 0 Å². The third-order valence-corrected chi connectivity index (χ3v) is 5.59. The van der Waals surface area contributed by atoms with E-state index in [1.807, 2.05) is 0 Å².